The van der Waals surface area contributed by atoms with Crippen LogP contribution in [-0.2, 0) is 4.79 Å². The molecule has 0 atom stereocenters. The van der Waals surface area contributed by atoms with Gasteiger partial charge in [-0.05, 0) is 63.6 Å². The molecule has 30 heavy (non-hydrogen) atoms. The first-order chi connectivity index (χ1) is 14.4. The number of piperidine rings is 1. The Morgan fingerprint density at radius 1 is 1.07 bits per heavy atom. The molecule has 2 aromatic heterocycles. The maximum Gasteiger partial charge on any atom is 0.274 e. The molecule has 0 spiro atoms. The van der Waals surface area contributed by atoms with E-state index in [4.69, 9.17) is 11.6 Å². The van der Waals surface area contributed by atoms with E-state index >= 15 is 0 Å². The van der Waals surface area contributed by atoms with Crippen LogP contribution in [0.15, 0.2) is 18.2 Å². The first-order valence-corrected chi connectivity index (χ1v) is 11.1. The highest BCUT2D eigenvalue weighted by Gasteiger charge is 2.29. The molecule has 8 heteroatoms. The van der Waals surface area contributed by atoms with Crippen LogP contribution in [0.25, 0.3) is 5.82 Å². The smallest absolute Gasteiger partial charge is 0.274 e. The summed E-state index contributed by atoms with van der Waals surface area (Å²) in [6.07, 6.45) is 4.49. The lowest BCUT2D eigenvalue weighted by Crippen LogP contribution is -2.40. The molecule has 2 amide bonds. The number of amides is 2. The molecule has 2 aromatic rings. The SMILES string of the molecule is Cc1cc(C)n(-c2ccc(Cl)c(C(=O)N3CCC(CC(=O)N4CCCC4)CC3)n2)n1. The zero-order valence-corrected chi connectivity index (χ0v) is 18.4. The quantitative estimate of drug-likeness (QED) is 0.746. The van der Waals surface area contributed by atoms with Gasteiger partial charge >= 0.3 is 0 Å². The van der Waals surface area contributed by atoms with Gasteiger partial charge in [-0.3, -0.25) is 9.59 Å². The first kappa shape index (κ1) is 20.8. The van der Waals surface area contributed by atoms with Gasteiger partial charge in [-0.1, -0.05) is 11.6 Å². The number of carbonyl (C=O) groups excluding carboxylic acids is 2. The summed E-state index contributed by atoms with van der Waals surface area (Å²) in [7, 11) is 0. The monoisotopic (exact) mass is 429 g/mol. The maximum atomic E-state index is 13.1. The van der Waals surface area contributed by atoms with E-state index in [0.717, 1.165) is 50.2 Å². The predicted octanol–water partition coefficient (Wildman–Crippen LogP) is 3.40. The third-order valence-corrected chi connectivity index (χ3v) is 6.39. The van der Waals surface area contributed by atoms with Crippen molar-refractivity contribution in [2.24, 2.45) is 5.92 Å². The van der Waals surface area contributed by atoms with Crippen molar-refractivity contribution < 1.29 is 9.59 Å². The summed E-state index contributed by atoms with van der Waals surface area (Å²) in [5.41, 5.74) is 2.10. The number of carbonyl (C=O) groups is 2. The average molecular weight is 430 g/mol. The minimum atomic E-state index is -0.160. The second-order valence-electron chi connectivity index (χ2n) is 8.37. The Bertz CT molecular complexity index is 943. The molecular weight excluding hydrogens is 402 g/mol. The molecule has 0 aromatic carbocycles. The van der Waals surface area contributed by atoms with E-state index in [9.17, 15) is 9.59 Å². The summed E-state index contributed by atoms with van der Waals surface area (Å²) in [5.74, 6) is 1.03. The van der Waals surface area contributed by atoms with Crippen LogP contribution in [0.2, 0.25) is 5.02 Å². The van der Waals surface area contributed by atoms with Gasteiger partial charge in [0, 0.05) is 38.3 Å². The fourth-order valence-corrected chi connectivity index (χ4v) is 4.58. The Kier molecular flexibility index (Phi) is 6.09. The summed E-state index contributed by atoms with van der Waals surface area (Å²) in [6.45, 7) is 6.91. The number of hydrogen-bond acceptors (Lipinski definition) is 4. The van der Waals surface area contributed by atoms with Crippen LogP contribution < -0.4 is 0 Å². The molecular formula is C22H28ClN5O2. The molecule has 0 N–H and O–H groups in total. The molecule has 2 fully saturated rings. The van der Waals surface area contributed by atoms with Crippen molar-refractivity contribution >= 4 is 23.4 Å². The summed E-state index contributed by atoms with van der Waals surface area (Å²) < 4.78 is 1.72. The molecule has 2 aliphatic rings. The molecule has 0 unspecified atom stereocenters. The van der Waals surface area contributed by atoms with Crippen LogP contribution in [-0.4, -0.2) is 62.6 Å². The second-order valence-corrected chi connectivity index (χ2v) is 8.77. The lowest BCUT2D eigenvalue weighted by atomic mass is 9.93. The molecule has 4 heterocycles. The van der Waals surface area contributed by atoms with Crippen molar-refractivity contribution in [2.45, 2.75) is 46.0 Å². The topological polar surface area (TPSA) is 71.3 Å². The molecule has 4 rings (SSSR count). The Balaban J connectivity index is 1.41. The molecule has 2 aliphatic heterocycles. The van der Waals surface area contributed by atoms with E-state index in [1.165, 1.54) is 0 Å². The van der Waals surface area contributed by atoms with Crippen molar-refractivity contribution in [3.8, 4) is 5.82 Å². The zero-order valence-electron chi connectivity index (χ0n) is 17.6. The van der Waals surface area contributed by atoms with Crippen molar-refractivity contribution in [3.63, 3.8) is 0 Å². The van der Waals surface area contributed by atoms with Crippen molar-refractivity contribution in [2.75, 3.05) is 26.2 Å². The Hall–Kier alpha value is -2.41. The first-order valence-electron chi connectivity index (χ1n) is 10.7. The number of pyridine rings is 1. The average Bonchev–Trinajstić information content (AvgIpc) is 3.38. The van der Waals surface area contributed by atoms with Crippen LogP contribution in [0.3, 0.4) is 0 Å². The zero-order chi connectivity index (χ0) is 21.3. The molecule has 0 saturated carbocycles. The molecule has 2 saturated heterocycles. The van der Waals surface area contributed by atoms with Gasteiger partial charge in [0.05, 0.1) is 10.7 Å². The molecule has 7 nitrogen and oxygen atoms in total. The predicted molar refractivity (Wildman–Crippen MR) is 115 cm³/mol. The van der Waals surface area contributed by atoms with Crippen LogP contribution in [0.5, 0.6) is 0 Å². The molecule has 0 aliphatic carbocycles. The van der Waals surface area contributed by atoms with Crippen LogP contribution in [0, 0.1) is 19.8 Å². The van der Waals surface area contributed by atoms with Gasteiger partial charge in [0.1, 0.15) is 5.69 Å². The number of likely N-dealkylation sites (tertiary alicyclic amines) is 2. The van der Waals surface area contributed by atoms with Crippen molar-refractivity contribution in [3.05, 3.63) is 40.3 Å². The molecule has 0 radical (unpaired) electrons. The standard InChI is InChI=1S/C22H28ClN5O2/c1-15-13-16(2)28(25-15)19-6-5-18(23)21(24-19)22(30)27-11-7-17(8-12-27)14-20(29)26-9-3-4-10-26/h5-6,13,17H,3-4,7-12,14H2,1-2H3. The summed E-state index contributed by atoms with van der Waals surface area (Å²) in [4.78, 5) is 33.8. The van der Waals surface area contributed by atoms with Gasteiger partial charge in [0.25, 0.3) is 5.91 Å². The van der Waals surface area contributed by atoms with E-state index in [2.05, 4.69) is 10.1 Å². The van der Waals surface area contributed by atoms with Gasteiger partial charge in [0.2, 0.25) is 5.91 Å². The van der Waals surface area contributed by atoms with Gasteiger partial charge in [-0.25, -0.2) is 9.67 Å². The highest BCUT2D eigenvalue weighted by molar-refractivity contribution is 6.33. The van der Waals surface area contributed by atoms with E-state index < -0.39 is 0 Å². The number of aromatic nitrogens is 3. The third-order valence-electron chi connectivity index (χ3n) is 6.08. The highest BCUT2D eigenvalue weighted by Crippen LogP contribution is 2.25. The van der Waals surface area contributed by atoms with E-state index in [-0.39, 0.29) is 17.5 Å². The van der Waals surface area contributed by atoms with Crippen LogP contribution >= 0.6 is 11.6 Å². The summed E-state index contributed by atoms with van der Waals surface area (Å²) >= 11 is 6.32. The fourth-order valence-electron chi connectivity index (χ4n) is 4.39. The third kappa shape index (κ3) is 4.36. The normalized spacial score (nSPS) is 17.6. The minimum Gasteiger partial charge on any atom is -0.343 e. The highest BCUT2D eigenvalue weighted by atomic mass is 35.5. The second kappa shape index (κ2) is 8.76. The van der Waals surface area contributed by atoms with Gasteiger partial charge in [-0.15, -0.1) is 0 Å². The Morgan fingerprint density at radius 2 is 1.77 bits per heavy atom. The lowest BCUT2D eigenvalue weighted by Gasteiger charge is -2.32. The van der Waals surface area contributed by atoms with Gasteiger partial charge in [-0.2, -0.15) is 5.10 Å². The van der Waals surface area contributed by atoms with Crippen molar-refractivity contribution in [1.29, 1.82) is 0 Å². The minimum absolute atomic E-state index is 0.160. The lowest BCUT2D eigenvalue weighted by molar-refractivity contribution is -0.131. The maximum absolute atomic E-state index is 13.1. The Morgan fingerprint density at radius 3 is 2.40 bits per heavy atom. The molecule has 160 valence electrons. The number of hydrogen-bond donors (Lipinski definition) is 0. The van der Waals surface area contributed by atoms with Gasteiger partial charge < -0.3 is 9.80 Å². The number of nitrogens with zero attached hydrogens (tertiary/aromatic N) is 5. The van der Waals surface area contributed by atoms with Crippen molar-refractivity contribution in [1.82, 2.24) is 24.6 Å². The van der Waals surface area contributed by atoms with E-state index in [1.54, 1.807) is 21.7 Å². The number of rotatable bonds is 4. The summed E-state index contributed by atoms with van der Waals surface area (Å²) in [6, 6.07) is 5.44. The summed E-state index contributed by atoms with van der Waals surface area (Å²) in [5, 5.41) is 4.79. The van der Waals surface area contributed by atoms with Crippen LogP contribution in [0.4, 0.5) is 0 Å². The number of halogens is 1. The Labute approximate surface area is 182 Å². The fraction of sp³-hybridized carbons (Fsp3) is 0.545. The van der Waals surface area contributed by atoms with Crippen LogP contribution in [0.1, 0.15) is 54.0 Å². The van der Waals surface area contributed by atoms with E-state index in [0.29, 0.717) is 36.3 Å². The largest absolute Gasteiger partial charge is 0.343 e. The van der Waals surface area contributed by atoms with E-state index in [1.807, 2.05) is 24.8 Å². The molecule has 0 bridgehead atoms. The van der Waals surface area contributed by atoms with Gasteiger partial charge in [0.15, 0.2) is 5.82 Å². The number of aryl methyl sites for hydroxylation is 2.